The molecular formula is C27H29N3O2. The SMILES string of the molecule is CCc1ccccc1NC(=O)CN1CCN(C(=O)c2ccc(-c3ccccc3)cc2)CC1. The Hall–Kier alpha value is -3.44. The van der Waals surface area contributed by atoms with Crippen molar-refractivity contribution < 1.29 is 9.59 Å². The molecule has 32 heavy (non-hydrogen) atoms. The van der Waals surface area contributed by atoms with Crippen molar-refractivity contribution in [1.82, 2.24) is 9.80 Å². The maximum atomic E-state index is 12.9. The number of hydrogen-bond donors (Lipinski definition) is 1. The predicted molar refractivity (Wildman–Crippen MR) is 129 cm³/mol. The van der Waals surface area contributed by atoms with Crippen molar-refractivity contribution in [2.75, 3.05) is 38.0 Å². The third-order valence-corrected chi connectivity index (χ3v) is 5.94. The van der Waals surface area contributed by atoms with Crippen LogP contribution in [-0.4, -0.2) is 54.3 Å². The maximum absolute atomic E-state index is 12.9. The number of rotatable bonds is 6. The topological polar surface area (TPSA) is 52.7 Å². The number of anilines is 1. The number of para-hydroxylation sites is 1. The second-order valence-electron chi connectivity index (χ2n) is 8.07. The van der Waals surface area contributed by atoms with E-state index in [9.17, 15) is 9.59 Å². The molecule has 5 heteroatoms. The molecule has 0 saturated carbocycles. The number of benzene rings is 3. The van der Waals surface area contributed by atoms with E-state index in [4.69, 9.17) is 0 Å². The number of aryl methyl sites for hydroxylation is 1. The average Bonchev–Trinajstić information content (AvgIpc) is 2.85. The van der Waals surface area contributed by atoms with Crippen LogP contribution in [0.1, 0.15) is 22.8 Å². The number of piperazine rings is 1. The molecule has 1 N–H and O–H groups in total. The fraction of sp³-hybridized carbons (Fsp3) is 0.259. The standard InChI is InChI=1S/C27H29N3O2/c1-2-21-8-6-7-11-25(21)28-26(31)20-29-16-18-30(19-17-29)27(32)24-14-12-23(13-15-24)22-9-4-3-5-10-22/h3-15H,2,16-20H2,1H3,(H,28,31). The quantitative estimate of drug-likeness (QED) is 0.638. The molecule has 0 aliphatic carbocycles. The molecule has 0 radical (unpaired) electrons. The Bertz CT molecular complexity index is 1060. The third-order valence-electron chi connectivity index (χ3n) is 5.94. The van der Waals surface area contributed by atoms with Gasteiger partial charge in [-0.15, -0.1) is 0 Å². The van der Waals surface area contributed by atoms with Crippen LogP contribution in [-0.2, 0) is 11.2 Å². The van der Waals surface area contributed by atoms with Crippen LogP contribution in [0.5, 0.6) is 0 Å². The summed E-state index contributed by atoms with van der Waals surface area (Å²) in [7, 11) is 0. The van der Waals surface area contributed by atoms with E-state index in [0.717, 1.165) is 28.8 Å². The maximum Gasteiger partial charge on any atom is 0.253 e. The zero-order valence-electron chi connectivity index (χ0n) is 18.5. The number of nitrogens with one attached hydrogen (secondary N) is 1. The van der Waals surface area contributed by atoms with Crippen molar-refractivity contribution in [2.45, 2.75) is 13.3 Å². The molecule has 0 bridgehead atoms. The minimum atomic E-state index is -0.0119. The Morgan fingerprint density at radius 2 is 1.41 bits per heavy atom. The smallest absolute Gasteiger partial charge is 0.253 e. The highest BCUT2D eigenvalue weighted by atomic mass is 16.2. The van der Waals surface area contributed by atoms with Crippen LogP contribution in [0.25, 0.3) is 11.1 Å². The van der Waals surface area contributed by atoms with Gasteiger partial charge in [-0.2, -0.15) is 0 Å². The van der Waals surface area contributed by atoms with Crippen LogP contribution in [0, 0.1) is 0 Å². The van der Waals surface area contributed by atoms with Crippen molar-refractivity contribution >= 4 is 17.5 Å². The van der Waals surface area contributed by atoms with Crippen LogP contribution < -0.4 is 5.32 Å². The van der Waals surface area contributed by atoms with E-state index in [-0.39, 0.29) is 11.8 Å². The second-order valence-corrected chi connectivity index (χ2v) is 8.07. The van der Waals surface area contributed by atoms with Gasteiger partial charge in [-0.05, 0) is 41.3 Å². The van der Waals surface area contributed by atoms with Crippen molar-refractivity contribution in [1.29, 1.82) is 0 Å². The average molecular weight is 428 g/mol. The first-order chi connectivity index (χ1) is 15.6. The Morgan fingerprint density at radius 3 is 2.09 bits per heavy atom. The number of carbonyl (C=O) groups is 2. The first kappa shape index (κ1) is 21.8. The van der Waals surface area contributed by atoms with Crippen molar-refractivity contribution in [3.63, 3.8) is 0 Å². The molecule has 1 saturated heterocycles. The molecule has 0 spiro atoms. The number of amides is 2. The van der Waals surface area contributed by atoms with Gasteiger partial charge in [0.1, 0.15) is 0 Å². The highest BCUT2D eigenvalue weighted by Crippen LogP contribution is 2.20. The van der Waals surface area contributed by atoms with Gasteiger partial charge in [0.05, 0.1) is 6.54 Å². The van der Waals surface area contributed by atoms with E-state index in [1.165, 1.54) is 0 Å². The first-order valence-corrected chi connectivity index (χ1v) is 11.2. The van der Waals surface area contributed by atoms with Crippen molar-refractivity contribution in [3.05, 3.63) is 90.0 Å². The molecular weight excluding hydrogens is 398 g/mol. The minimum Gasteiger partial charge on any atom is -0.336 e. The van der Waals surface area contributed by atoms with E-state index in [0.29, 0.717) is 38.3 Å². The van der Waals surface area contributed by atoms with Gasteiger partial charge in [0.2, 0.25) is 5.91 Å². The van der Waals surface area contributed by atoms with Gasteiger partial charge in [0, 0.05) is 37.4 Å². The van der Waals surface area contributed by atoms with Gasteiger partial charge in [0.25, 0.3) is 5.91 Å². The van der Waals surface area contributed by atoms with Gasteiger partial charge in [0.15, 0.2) is 0 Å². The Labute approximate surface area is 189 Å². The molecule has 2 amide bonds. The summed E-state index contributed by atoms with van der Waals surface area (Å²) < 4.78 is 0. The van der Waals surface area contributed by atoms with Crippen LogP contribution in [0.2, 0.25) is 0 Å². The second kappa shape index (κ2) is 10.2. The molecule has 3 aromatic carbocycles. The first-order valence-electron chi connectivity index (χ1n) is 11.2. The summed E-state index contributed by atoms with van der Waals surface area (Å²) in [5.41, 5.74) is 4.96. The monoisotopic (exact) mass is 427 g/mol. The molecule has 164 valence electrons. The lowest BCUT2D eigenvalue weighted by atomic mass is 10.0. The summed E-state index contributed by atoms with van der Waals surface area (Å²) in [4.78, 5) is 29.4. The minimum absolute atomic E-state index is 0.0119. The van der Waals surface area contributed by atoms with Gasteiger partial charge in [-0.25, -0.2) is 0 Å². The summed E-state index contributed by atoms with van der Waals surface area (Å²) in [5.74, 6) is 0.0350. The molecule has 0 unspecified atom stereocenters. The van der Waals surface area contributed by atoms with Crippen LogP contribution in [0.3, 0.4) is 0 Å². The molecule has 1 heterocycles. The van der Waals surface area contributed by atoms with E-state index in [2.05, 4.69) is 29.3 Å². The lowest BCUT2D eigenvalue weighted by molar-refractivity contribution is -0.117. The molecule has 1 fully saturated rings. The zero-order valence-corrected chi connectivity index (χ0v) is 18.5. The zero-order chi connectivity index (χ0) is 22.3. The number of carbonyl (C=O) groups excluding carboxylic acids is 2. The predicted octanol–water partition coefficient (Wildman–Crippen LogP) is 4.31. The Morgan fingerprint density at radius 1 is 0.781 bits per heavy atom. The molecule has 3 aromatic rings. The lowest BCUT2D eigenvalue weighted by Crippen LogP contribution is -2.50. The summed E-state index contributed by atoms with van der Waals surface area (Å²) in [5, 5.41) is 3.03. The summed E-state index contributed by atoms with van der Waals surface area (Å²) in [6, 6.07) is 25.8. The third kappa shape index (κ3) is 5.24. The fourth-order valence-corrected chi connectivity index (χ4v) is 4.07. The Kier molecular flexibility index (Phi) is 6.97. The lowest BCUT2D eigenvalue weighted by Gasteiger charge is -2.34. The van der Waals surface area contributed by atoms with Crippen LogP contribution in [0.15, 0.2) is 78.9 Å². The van der Waals surface area contributed by atoms with E-state index in [1.807, 2.05) is 71.6 Å². The molecule has 5 nitrogen and oxygen atoms in total. The van der Waals surface area contributed by atoms with Crippen molar-refractivity contribution in [3.8, 4) is 11.1 Å². The Balaban J connectivity index is 1.28. The van der Waals surface area contributed by atoms with Gasteiger partial charge in [-0.1, -0.05) is 67.6 Å². The summed E-state index contributed by atoms with van der Waals surface area (Å²) >= 11 is 0. The van der Waals surface area contributed by atoms with E-state index < -0.39 is 0 Å². The largest absolute Gasteiger partial charge is 0.336 e. The van der Waals surface area contributed by atoms with Gasteiger partial charge < -0.3 is 10.2 Å². The molecule has 1 aliphatic heterocycles. The molecule has 0 atom stereocenters. The van der Waals surface area contributed by atoms with Gasteiger partial charge >= 0.3 is 0 Å². The van der Waals surface area contributed by atoms with Crippen LogP contribution >= 0.6 is 0 Å². The molecule has 0 aromatic heterocycles. The summed E-state index contributed by atoms with van der Waals surface area (Å²) in [6.45, 7) is 5.05. The highest BCUT2D eigenvalue weighted by molar-refractivity contribution is 5.95. The summed E-state index contributed by atoms with van der Waals surface area (Å²) in [6.07, 6.45) is 0.879. The molecule has 1 aliphatic rings. The fourth-order valence-electron chi connectivity index (χ4n) is 4.07. The number of hydrogen-bond acceptors (Lipinski definition) is 3. The van der Waals surface area contributed by atoms with E-state index >= 15 is 0 Å². The van der Waals surface area contributed by atoms with Gasteiger partial charge in [-0.3, -0.25) is 14.5 Å². The van der Waals surface area contributed by atoms with Crippen LogP contribution in [0.4, 0.5) is 5.69 Å². The van der Waals surface area contributed by atoms with Crippen molar-refractivity contribution in [2.24, 2.45) is 0 Å². The molecule has 4 rings (SSSR count). The normalized spacial score (nSPS) is 14.2. The highest BCUT2D eigenvalue weighted by Gasteiger charge is 2.23. The van der Waals surface area contributed by atoms with E-state index in [1.54, 1.807) is 0 Å². The number of nitrogens with zero attached hydrogens (tertiary/aromatic N) is 2.